The highest BCUT2D eigenvalue weighted by Gasteiger charge is 2.30. The molecule has 0 spiro atoms. The fourth-order valence-corrected chi connectivity index (χ4v) is 3.97. The van der Waals surface area contributed by atoms with Crippen LogP contribution < -0.4 is 10.1 Å². The van der Waals surface area contributed by atoms with Gasteiger partial charge in [0.1, 0.15) is 11.8 Å². The summed E-state index contributed by atoms with van der Waals surface area (Å²) in [5, 5.41) is 4.14. The van der Waals surface area contributed by atoms with E-state index in [-0.39, 0.29) is 25.0 Å². The number of ether oxygens (including phenoxy) is 1. The summed E-state index contributed by atoms with van der Waals surface area (Å²) in [4.78, 5) is 28.1. The quantitative estimate of drug-likeness (QED) is 0.368. The monoisotopic (exact) mass is 518 g/mol. The van der Waals surface area contributed by atoms with E-state index >= 15 is 0 Å². The van der Waals surface area contributed by atoms with Gasteiger partial charge in [-0.3, -0.25) is 9.59 Å². The molecule has 8 heteroatoms. The minimum atomic E-state index is -0.757. The summed E-state index contributed by atoms with van der Waals surface area (Å²) in [6.07, 6.45) is 0.344. The van der Waals surface area contributed by atoms with Crippen molar-refractivity contribution in [1.29, 1.82) is 0 Å². The van der Waals surface area contributed by atoms with Gasteiger partial charge in [-0.05, 0) is 48.4 Å². The lowest BCUT2D eigenvalue weighted by molar-refractivity contribution is -0.142. The highest BCUT2D eigenvalue weighted by molar-refractivity contribution is 6.42. The van der Waals surface area contributed by atoms with Crippen molar-refractivity contribution in [3.05, 3.63) is 99.0 Å². The molecule has 0 saturated carbocycles. The molecular weight excluding hydrogens is 495 g/mol. The molecule has 0 aliphatic carbocycles. The average Bonchev–Trinajstić information content (AvgIpc) is 2.83. The van der Waals surface area contributed by atoms with E-state index in [2.05, 4.69) is 5.32 Å². The molecule has 0 unspecified atom stereocenters. The molecule has 0 radical (unpaired) electrons. The van der Waals surface area contributed by atoms with Crippen molar-refractivity contribution in [3.8, 4) is 5.75 Å². The van der Waals surface area contributed by atoms with Crippen LogP contribution in [-0.4, -0.2) is 35.9 Å². The first-order valence-corrected chi connectivity index (χ1v) is 11.9. The zero-order valence-electron chi connectivity index (χ0n) is 18.6. The van der Waals surface area contributed by atoms with Gasteiger partial charge in [-0.25, -0.2) is 0 Å². The smallest absolute Gasteiger partial charge is 0.261 e. The number of nitrogens with zero attached hydrogens (tertiary/aromatic N) is 1. The molecular formula is C26H25Cl3N2O3. The molecule has 2 amide bonds. The van der Waals surface area contributed by atoms with Crippen molar-refractivity contribution in [2.45, 2.75) is 25.9 Å². The molecule has 0 heterocycles. The summed E-state index contributed by atoms with van der Waals surface area (Å²) in [5.41, 5.74) is 1.68. The number of hydrogen-bond donors (Lipinski definition) is 1. The van der Waals surface area contributed by atoms with Crippen LogP contribution in [0.1, 0.15) is 18.1 Å². The molecule has 1 N–H and O–H groups in total. The maximum atomic E-state index is 13.4. The fraction of sp³-hybridized carbons (Fsp3) is 0.231. The highest BCUT2D eigenvalue weighted by Crippen LogP contribution is 2.24. The number of amides is 2. The second-order valence-corrected chi connectivity index (χ2v) is 8.87. The number of rotatable bonds is 10. The highest BCUT2D eigenvalue weighted by atomic mass is 35.5. The van der Waals surface area contributed by atoms with Crippen molar-refractivity contribution < 1.29 is 14.3 Å². The van der Waals surface area contributed by atoms with Crippen LogP contribution in [0.25, 0.3) is 0 Å². The lowest BCUT2D eigenvalue weighted by Gasteiger charge is -2.31. The third-order valence-corrected chi connectivity index (χ3v) is 6.09. The lowest BCUT2D eigenvalue weighted by atomic mass is 10.0. The van der Waals surface area contributed by atoms with E-state index < -0.39 is 6.04 Å². The molecule has 3 rings (SSSR count). The van der Waals surface area contributed by atoms with Crippen LogP contribution in [0, 0.1) is 0 Å². The fourth-order valence-electron chi connectivity index (χ4n) is 3.47. The van der Waals surface area contributed by atoms with Crippen LogP contribution in [0.5, 0.6) is 5.75 Å². The van der Waals surface area contributed by atoms with Crippen molar-refractivity contribution in [1.82, 2.24) is 10.2 Å². The van der Waals surface area contributed by atoms with E-state index in [9.17, 15) is 9.59 Å². The van der Waals surface area contributed by atoms with Gasteiger partial charge in [0.25, 0.3) is 5.91 Å². The molecule has 0 aliphatic rings. The largest absolute Gasteiger partial charge is 0.484 e. The number of halogens is 3. The number of benzene rings is 3. The second-order valence-electron chi connectivity index (χ2n) is 7.62. The first-order valence-electron chi connectivity index (χ1n) is 10.8. The predicted molar refractivity (Wildman–Crippen MR) is 137 cm³/mol. The maximum absolute atomic E-state index is 13.4. The van der Waals surface area contributed by atoms with Crippen molar-refractivity contribution in [2.75, 3.05) is 13.2 Å². The van der Waals surface area contributed by atoms with E-state index in [0.717, 1.165) is 11.1 Å². The second kappa shape index (κ2) is 12.7. The third-order valence-electron chi connectivity index (χ3n) is 5.12. The number of likely N-dealkylation sites (N-methyl/N-ethyl adjacent to an activating group) is 1. The molecule has 5 nitrogen and oxygen atoms in total. The summed E-state index contributed by atoms with van der Waals surface area (Å²) < 4.78 is 5.70. The molecule has 1 atom stereocenters. The van der Waals surface area contributed by atoms with Gasteiger partial charge >= 0.3 is 0 Å². The Bertz CT molecular complexity index is 1130. The van der Waals surface area contributed by atoms with Gasteiger partial charge in [-0.2, -0.15) is 0 Å². The summed E-state index contributed by atoms with van der Waals surface area (Å²) >= 11 is 18.3. The van der Waals surface area contributed by atoms with Crippen LogP contribution in [0.4, 0.5) is 0 Å². The maximum Gasteiger partial charge on any atom is 0.261 e. The zero-order chi connectivity index (χ0) is 24.5. The predicted octanol–water partition coefficient (Wildman–Crippen LogP) is 5.80. The lowest BCUT2D eigenvalue weighted by Crippen LogP contribution is -2.51. The van der Waals surface area contributed by atoms with Gasteiger partial charge in [0.05, 0.1) is 10.0 Å². The first-order chi connectivity index (χ1) is 16.4. The summed E-state index contributed by atoms with van der Waals surface area (Å²) in [7, 11) is 0. The van der Waals surface area contributed by atoms with E-state index in [1.807, 2.05) is 37.3 Å². The molecule has 34 heavy (non-hydrogen) atoms. The van der Waals surface area contributed by atoms with Crippen LogP contribution in [-0.2, 0) is 22.6 Å². The molecule has 3 aromatic rings. The Labute approximate surface area is 214 Å². The average molecular weight is 520 g/mol. The van der Waals surface area contributed by atoms with Crippen LogP contribution in [0.15, 0.2) is 72.8 Å². The molecule has 0 saturated heterocycles. The Hall–Kier alpha value is -2.73. The Morgan fingerprint density at radius 3 is 2.35 bits per heavy atom. The molecule has 0 aliphatic heterocycles. The molecule has 3 aromatic carbocycles. The van der Waals surface area contributed by atoms with Gasteiger partial charge < -0.3 is 15.0 Å². The first kappa shape index (κ1) is 25.9. The summed E-state index contributed by atoms with van der Waals surface area (Å²) in [5.74, 6) is -0.131. The molecule has 0 aromatic heterocycles. The Morgan fingerprint density at radius 2 is 1.68 bits per heavy atom. The third kappa shape index (κ3) is 7.39. The molecule has 178 valence electrons. The van der Waals surface area contributed by atoms with Gasteiger partial charge in [0.15, 0.2) is 6.61 Å². The summed E-state index contributed by atoms with van der Waals surface area (Å²) in [6, 6.07) is 20.7. The topological polar surface area (TPSA) is 58.6 Å². The van der Waals surface area contributed by atoms with E-state index in [1.54, 1.807) is 42.5 Å². The molecule has 0 fully saturated rings. The number of carbonyl (C=O) groups is 2. The van der Waals surface area contributed by atoms with Gasteiger partial charge in [0.2, 0.25) is 5.91 Å². The number of nitrogens with one attached hydrogen (secondary N) is 1. The number of carbonyl (C=O) groups excluding carboxylic acids is 2. The molecule has 0 bridgehead atoms. The SMILES string of the molecule is CCNC(=O)[C@@H](Cc1ccccc1)N(Cc1ccc(Cl)c(Cl)c1)C(=O)COc1cccc(Cl)c1. The standard InChI is InChI=1S/C26H25Cl3N2O3/c1-2-30-26(33)24(14-18-7-4-3-5-8-18)31(16-19-11-12-22(28)23(29)13-19)25(32)17-34-21-10-6-9-20(27)15-21/h3-13,15,24H,2,14,16-17H2,1H3,(H,30,33)/t24-/m1/s1. The van der Waals surface area contributed by atoms with Crippen LogP contribution in [0.3, 0.4) is 0 Å². The van der Waals surface area contributed by atoms with E-state index in [4.69, 9.17) is 39.5 Å². The van der Waals surface area contributed by atoms with Crippen molar-refractivity contribution >= 4 is 46.6 Å². The van der Waals surface area contributed by atoms with Crippen LogP contribution in [0.2, 0.25) is 15.1 Å². The van der Waals surface area contributed by atoms with Crippen molar-refractivity contribution in [2.24, 2.45) is 0 Å². The van der Waals surface area contributed by atoms with Crippen molar-refractivity contribution in [3.63, 3.8) is 0 Å². The summed E-state index contributed by atoms with van der Waals surface area (Å²) in [6.45, 7) is 2.18. The Morgan fingerprint density at radius 1 is 0.912 bits per heavy atom. The van der Waals surface area contributed by atoms with E-state index in [0.29, 0.717) is 33.8 Å². The van der Waals surface area contributed by atoms with Crippen LogP contribution >= 0.6 is 34.8 Å². The Kier molecular flexibility index (Phi) is 9.63. The normalized spacial score (nSPS) is 11.5. The minimum Gasteiger partial charge on any atom is -0.484 e. The zero-order valence-corrected chi connectivity index (χ0v) is 20.9. The number of hydrogen-bond acceptors (Lipinski definition) is 3. The van der Waals surface area contributed by atoms with E-state index in [1.165, 1.54) is 4.90 Å². The van der Waals surface area contributed by atoms with Gasteiger partial charge in [0, 0.05) is 24.5 Å². The van der Waals surface area contributed by atoms with Gasteiger partial charge in [-0.1, -0.05) is 77.3 Å². The minimum absolute atomic E-state index is 0.156. The Balaban J connectivity index is 1.91. The van der Waals surface area contributed by atoms with Gasteiger partial charge in [-0.15, -0.1) is 0 Å².